The van der Waals surface area contributed by atoms with Crippen molar-refractivity contribution < 1.29 is 0 Å². The van der Waals surface area contributed by atoms with Gasteiger partial charge in [-0.15, -0.1) is 11.3 Å². The molecule has 11 aromatic carbocycles. The summed E-state index contributed by atoms with van der Waals surface area (Å²) < 4.78 is 2.58. The Labute approximate surface area is 315 Å². The summed E-state index contributed by atoms with van der Waals surface area (Å²) in [6.07, 6.45) is 0. The predicted octanol–water partition coefficient (Wildman–Crippen LogP) is 15.5. The van der Waals surface area contributed by atoms with Gasteiger partial charge in [0.2, 0.25) is 0 Å². The van der Waals surface area contributed by atoms with Crippen molar-refractivity contribution in [3.63, 3.8) is 0 Å². The van der Waals surface area contributed by atoms with Crippen molar-refractivity contribution in [3.8, 4) is 11.1 Å². The molecule has 54 heavy (non-hydrogen) atoms. The van der Waals surface area contributed by atoms with Crippen LogP contribution in [0, 0.1) is 0 Å². The van der Waals surface area contributed by atoms with E-state index in [1.807, 2.05) is 11.3 Å². The molecule has 0 aliphatic carbocycles. The fourth-order valence-corrected chi connectivity index (χ4v) is 10.5. The van der Waals surface area contributed by atoms with Crippen LogP contribution in [0.3, 0.4) is 0 Å². The number of rotatable bonds is 4. The lowest BCUT2D eigenvalue weighted by atomic mass is 9.87. The third-order valence-electron chi connectivity index (χ3n) is 11.5. The van der Waals surface area contributed by atoms with Crippen LogP contribution in [-0.4, -0.2) is 0 Å². The minimum Gasteiger partial charge on any atom is -0.308 e. The topological polar surface area (TPSA) is 3.24 Å². The van der Waals surface area contributed by atoms with Crippen LogP contribution < -0.4 is 4.90 Å². The van der Waals surface area contributed by atoms with Gasteiger partial charge in [-0.1, -0.05) is 158 Å². The first-order chi connectivity index (χ1) is 26.8. The van der Waals surface area contributed by atoms with Gasteiger partial charge < -0.3 is 4.90 Å². The summed E-state index contributed by atoms with van der Waals surface area (Å²) in [6, 6.07) is 70.0. The molecule has 1 heterocycles. The summed E-state index contributed by atoms with van der Waals surface area (Å²) in [5, 5.41) is 18.0. The summed E-state index contributed by atoms with van der Waals surface area (Å²) in [5.41, 5.74) is 5.86. The van der Waals surface area contributed by atoms with Crippen LogP contribution in [0.25, 0.3) is 95.9 Å². The molecule has 0 spiro atoms. The second kappa shape index (κ2) is 11.4. The predicted molar refractivity (Wildman–Crippen MR) is 236 cm³/mol. The molecule has 0 aliphatic rings. The van der Waals surface area contributed by atoms with Gasteiger partial charge in [-0.05, 0) is 101 Å². The molecule has 0 amide bonds. The summed E-state index contributed by atoms with van der Waals surface area (Å²) in [5.74, 6) is 0. The smallest absolute Gasteiger partial charge is 0.0640 e. The van der Waals surface area contributed by atoms with Crippen LogP contribution >= 0.6 is 11.3 Å². The van der Waals surface area contributed by atoms with Crippen molar-refractivity contribution in [1.82, 2.24) is 0 Å². The van der Waals surface area contributed by atoms with E-state index < -0.39 is 0 Å². The third-order valence-corrected chi connectivity index (χ3v) is 12.7. The largest absolute Gasteiger partial charge is 0.308 e. The molecule has 0 bridgehead atoms. The van der Waals surface area contributed by atoms with Gasteiger partial charge in [0.15, 0.2) is 0 Å². The molecular weight excluding hydrogens is 671 g/mol. The molecule has 0 unspecified atom stereocenters. The molecule has 0 saturated heterocycles. The molecule has 0 N–H and O–H groups in total. The average Bonchev–Trinajstić information content (AvgIpc) is 3.62. The quantitative estimate of drug-likeness (QED) is 0.165. The van der Waals surface area contributed by atoms with Gasteiger partial charge in [0.1, 0.15) is 0 Å². The first-order valence-corrected chi connectivity index (χ1v) is 19.4. The van der Waals surface area contributed by atoms with Crippen LogP contribution in [0.15, 0.2) is 188 Å². The summed E-state index contributed by atoms with van der Waals surface area (Å²) in [6.45, 7) is 0. The lowest BCUT2D eigenvalue weighted by Crippen LogP contribution is -2.11. The van der Waals surface area contributed by atoms with Gasteiger partial charge in [0.05, 0.1) is 16.1 Å². The molecule has 0 atom stereocenters. The summed E-state index contributed by atoms with van der Waals surface area (Å²) >= 11 is 1.88. The summed E-state index contributed by atoms with van der Waals surface area (Å²) in [7, 11) is 0. The maximum Gasteiger partial charge on any atom is 0.0640 e. The van der Waals surface area contributed by atoms with Crippen LogP contribution in [-0.2, 0) is 0 Å². The number of nitrogens with zero attached hydrogens (tertiary/aromatic N) is 1. The van der Waals surface area contributed by atoms with E-state index in [9.17, 15) is 0 Å². The highest BCUT2D eigenvalue weighted by atomic mass is 32.1. The highest BCUT2D eigenvalue weighted by Crippen LogP contribution is 2.50. The molecule has 1 nitrogen and oxygen atoms in total. The molecule has 12 rings (SSSR count). The van der Waals surface area contributed by atoms with E-state index in [4.69, 9.17) is 0 Å². The molecule has 0 aliphatic heterocycles. The number of fused-ring (bicyclic) bond motifs is 5. The number of hydrogen-bond donors (Lipinski definition) is 0. The minimum atomic E-state index is 1.14. The van der Waals surface area contributed by atoms with Gasteiger partial charge in [-0.25, -0.2) is 0 Å². The Morgan fingerprint density at radius 3 is 1.57 bits per heavy atom. The van der Waals surface area contributed by atoms with Gasteiger partial charge in [0.25, 0.3) is 0 Å². The Morgan fingerprint density at radius 2 is 0.852 bits per heavy atom. The van der Waals surface area contributed by atoms with E-state index in [0.29, 0.717) is 0 Å². The first-order valence-electron chi connectivity index (χ1n) is 18.6. The monoisotopic (exact) mass is 701 g/mol. The summed E-state index contributed by atoms with van der Waals surface area (Å²) in [4.78, 5) is 2.53. The van der Waals surface area contributed by atoms with E-state index in [0.717, 1.165) is 11.4 Å². The SMILES string of the molecule is c1ccc(-c2ccccc2N(c2cc3ccc4cccc5c6cccc7ccc8cccc(c(c2)c3c45)c8c76)c2cccc3c2sc2ccccc23)cc1. The zero-order valence-electron chi connectivity index (χ0n) is 29.3. The highest BCUT2D eigenvalue weighted by molar-refractivity contribution is 7.26. The molecule has 0 fully saturated rings. The average molecular weight is 702 g/mol. The van der Waals surface area contributed by atoms with Gasteiger partial charge >= 0.3 is 0 Å². The molecule has 1 aromatic heterocycles. The number of anilines is 3. The fourth-order valence-electron chi connectivity index (χ4n) is 9.24. The normalized spacial score (nSPS) is 12.1. The van der Waals surface area contributed by atoms with Crippen LogP contribution in [0.2, 0.25) is 0 Å². The van der Waals surface area contributed by atoms with Crippen molar-refractivity contribution >= 4 is 113 Å². The highest BCUT2D eigenvalue weighted by Gasteiger charge is 2.23. The maximum absolute atomic E-state index is 2.53. The molecule has 250 valence electrons. The second-order valence-electron chi connectivity index (χ2n) is 14.4. The lowest BCUT2D eigenvalue weighted by molar-refractivity contribution is 1.31. The second-order valence-corrected chi connectivity index (χ2v) is 15.5. The number of hydrogen-bond acceptors (Lipinski definition) is 2. The zero-order valence-corrected chi connectivity index (χ0v) is 30.1. The Morgan fingerprint density at radius 1 is 0.333 bits per heavy atom. The van der Waals surface area contributed by atoms with Crippen molar-refractivity contribution in [2.45, 2.75) is 0 Å². The first kappa shape index (κ1) is 29.8. The molecule has 0 radical (unpaired) electrons. The van der Waals surface area contributed by atoms with Gasteiger partial charge in [-0.3, -0.25) is 0 Å². The molecule has 12 aromatic rings. The van der Waals surface area contributed by atoms with E-state index in [-0.39, 0.29) is 0 Å². The molecule has 2 heteroatoms. The Balaban J connectivity index is 1.29. The third kappa shape index (κ3) is 4.20. The molecule has 0 saturated carbocycles. The van der Waals surface area contributed by atoms with Crippen molar-refractivity contribution in [2.24, 2.45) is 0 Å². The fraction of sp³-hybridized carbons (Fsp3) is 0. The number of benzene rings is 10. The van der Waals surface area contributed by atoms with E-state index in [2.05, 4.69) is 193 Å². The van der Waals surface area contributed by atoms with Crippen molar-refractivity contribution in [3.05, 3.63) is 188 Å². The van der Waals surface area contributed by atoms with Gasteiger partial charge in [0, 0.05) is 26.7 Å². The Bertz CT molecular complexity index is 3440. The number of thiophene rings is 1. The number of para-hydroxylation sites is 1. The standard InChI is InChI=1S/C52H31NS/c1-2-12-32(13-3-1)38-17-4-6-23-45(38)53(46-24-11-22-43-39-18-5-7-25-47(39)54-52(43)46)37-30-36-29-28-35-15-9-20-41-40-19-8-14-33-26-27-34-16-10-21-42(50(34)48(33)40)44(31-37)51(36)49(35)41/h1-31H. The Kier molecular flexibility index (Phi) is 6.28. The van der Waals surface area contributed by atoms with Gasteiger partial charge in [-0.2, -0.15) is 0 Å². The lowest BCUT2D eigenvalue weighted by Gasteiger charge is -2.29. The van der Waals surface area contributed by atoms with Crippen molar-refractivity contribution in [1.29, 1.82) is 0 Å². The van der Waals surface area contributed by atoms with E-state index >= 15 is 0 Å². The van der Waals surface area contributed by atoms with E-state index in [1.54, 1.807) is 0 Å². The zero-order chi connectivity index (χ0) is 35.3. The van der Waals surface area contributed by atoms with Crippen LogP contribution in [0.5, 0.6) is 0 Å². The maximum atomic E-state index is 2.53. The Hall–Kier alpha value is -6.74. The molecular formula is C52H31NS. The van der Waals surface area contributed by atoms with Crippen molar-refractivity contribution in [2.75, 3.05) is 4.90 Å². The van der Waals surface area contributed by atoms with Crippen LogP contribution in [0.1, 0.15) is 0 Å². The minimum absolute atomic E-state index is 1.14. The van der Waals surface area contributed by atoms with Crippen LogP contribution in [0.4, 0.5) is 17.1 Å². The van der Waals surface area contributed by atoms with E-state index in [1.165, 1.54) is 102 Å².